The molecule has 2 rings (SSSR count). The van der Waals surface area contributed by atoms with Gasteiger partial charge in [0.2, 0.25) is 0 Å². The van der Waals surface area contributed by atoms with Gasteiger partial charge in [0, 0.05) is 19.2 Å². The van der Waals surface area contributed by atoms with E-state index in [0.717, 1.165) is 5.56 Å². The predicted octanol–water partition coefficient (Wildman–Crippen LogP) is 1.76. The van der Waals surface area contributed by atoms with Crippen LogP contribution in [-0.4, -0.2) is 33.1 Å². The first kappa shape index (κ1) is 14.3. The van der Waals surface area contributed by atoms with Crippen molar-refractivity contribution >= 4 is 0 Å². The molecule has 1 N–H and O–H groups in total. The second-order valence-corrected chi connectivity index (χ2v) is 4.07. The zero-order valence-corrected chi connectivity index (χ0v) is 10.3. The maximum atomic E-state index is 12.0. The predicted molar refractivity (Wildman–Crippen MR) is 63.0 cm³/mol. The number of alkyl halides is 3. The van der Waals surface area contributed by atoms with Crippen molar-refractivity contribution in [3.63, 3.8) is 0 Å². The first-order valence-electron chi connectivity index (χ1n) is 5.81. The number of rotatable bonds is 5. The van der Waals surface area contributed by atoms with Gasteiger partial charge in [-0.3, -0.25) is 0 Å². The van der Waals surface area contributed by atoms with E-state index in [2.05, 4.69) is 15.0 Å². The Balaban J connectivity index is 1.99. The van der Waals surface area contributed by atoms with E-state index < -0.39 is 6.36 Å². The zero-order chi connectivity index (χ0) is 14.6. The highest BCUT2D eigenvalue weighted by atomic mass is 19.4. The minimum absolute atomic E-state index is 0.0117. The number of benzene rings is 1. The van der Waals surface area contributed by atoms with Crippen LogP contribution in [0.4, 0.5) is 13.2 Å². The van der Waals surface area contributed by atoms with Crippen molar-refractivity contribution in [2.45, 2.75) is 19.3 Å². The van der Waals surface area contributed by atoms with E-state index in [1.165, 1.54) is 24.3 Å². The molecule has 0 saturated heterocycles. The van der Waals surface area contributed by atoms with Gasteiger partial charge in [-0.2, -0.15) is 0 Å². The molecule has 2 aromatic rings. The van der Waals surface area contributed by atoms with Gasteiger partial charge in [0.1, 0.15) is 5.75 Å². The monoisotopic (exact) mass is 287 g/mol. The summed E-state index contributed by atoms with van der Waals surface area (Å²) in [5.41, 5.74) is 1.42. The molecule has 5 nitrogen and oxygen atoms in total. The van der Waals surface area contributed by atoms with E-state index in [0.29, 0.717) is 18.7 Å². The number of aromatic nitrogens is 3. The Morgan fingerprint density at radius 1 is 1.20 bits per heavy atom. The van der Waals surface area contributed by atoms with Gasteiger partial charge >= 0.3 is 6.36 Å². The van der Waals surface area contributed by atoms with Crippen LogP contribution in [0.2, 0.25) is 0 Å². The summed E-state index contributed by atoms with van der Waals surface area (Å²) in [4.78, 5) is 0. The normalized spacial score (nSPS) is 11.6. The first-order chi connectivity index (χ1) is 9.46. The van der Waals surface area contributed by atoms with E-state index in [4.69, 9.17) is 5.11 Å². The fourth-order valence-corrected chi connectivity index (χ4v) is 1.63. The average molecular weight is 287 g/mol. The quantitative estimate of drug-likeness (QED) is 0.910. The molecule has 20 heavy (non-hydrogen) atoms. The van der Waals surface area contributed by atoms with Crippen molar-refractivity contribution < 1.29 is 23.0 Å². The largest absolute Gasteiger partial charge is 0.573 e. The molecule has 0 spiro atoms. The summed E-state index contributed by atoms with van der Waals surface area (Å²) >= 11 is 0. The molecule has 8 heteroatoms. The third-order valence-corrected chi connectivity index (χ3v) is 2.46. The van der Waals surface area contributed by atoms with Gasteiger partial charge in [0.15, 0.2) is 0 Å². The molecule has 0 aliphatic heterocycles. The third-order valence-electron chi connectivity index (χ3n) is 2.46. The average Bonchev–Trinajstić information content (AvgIpc) is 2.78. The topological polar surface area (TPSA) is 60.2 Å². The van der Waals surface area contributed by atoms with Gasteiger partial charge in [0.25, 0.3) is 0 Å². The Kier molecular flexibility index (Phi) is 4.23. The number of ether oxygens (including phenoxy) is 1. The van der Waals surface area contributed by atoms with E-state index >= 15 is 0 Å². The Labute approximate surface area is 112 Å². The molecular formula is C12H12F3N3O2. The van der Waals surface area contributed by atoms with E-state index in [9.17, 15) is 13.2 Å². The highest BCUT2D eigenvalue weighted by Gasteiger charge is 2.30. The maximum Gasteiger partial charge on any atom is 0.573 e. The molecule has 0 unspecified atom stereocenters. The Hall–Kier alpha value is -2.09. The first-order valence-corrected chi connectivity index (χ1v) is 5.81. The van der Waals surface area contributed by atoms with Crippen molar-refractivity contribution in [2.24, 2.45) is 0 Å². The van der Waals surface area contributed by atoms with Crippen LogP contribution < -0.4 is 4.74 Å². The van der Waals surface area contributed by atoms with Gasteiger partial charge in [-0.05, 0) is 17.7 Å². The van der Waals surface area contributed by atoms with Gasteiger partial charge in [-0.15, -0.1) is 18.3 Å². The summed E-state index contributed by atoms with van der Waals surface area (Å²) in [5, 5.41) is 16.5. The lowest BCUT2D eigenvalue weighted by Gasteiger charge is -2.09. The summed E-state index contributed by atoms with van der Waals surface area (Å²) < 4.78 is 41.3. The molecular weight excluding hydrogens is 275 g/mol. The van der Waals surface area contributed by atoms with Crippen molar-refractivity contribution in [2.75, 3.05) is 6.61 Å². The van der Waals surface area contributed by atoms with E-state index in [1.807, 2.05) is 0 Å². The Morgan fingerprint density at radius 3 is 2.50 bits per heavy atom. The summed E-state index contributed by atoms with van der Waals surface area (Å²) in [6.45, 7) is 0.368. The van der Waals surface area contributed by atoms with E-state index in [-0.39, 0.29) is 12.4 Å². The second-order valence-electron chi connectivity index (χ2n) is 4.07. The molecule has 1 aromatic carbocycles. The molecule has 0 atom stereocenters. The van der Waals surface area contributed by atoms with Gasteiger partial charge < -0.3 is 9.84 Å². The molecule has 1 aromatic heterocycles. The van der Waals surface area contributed by atoms with Gasteiger partial charge in [0.05, 0.1) is 12.2 Å². The summed E-state index contributed by atoms with van der Waals surface area (Å²) in [5.74, 6) is -0.263. The Morgan fingerprint density at radius 2 is 1.90 bits per heavy atom. The van der Waals surface area contributed by atoms with Crippen LogP contribution >= 0.6 is 0 Å². The molecule has 0 saturated carbocycles. The lowest BCUT2D eigenvalue weighted by molar-refractivity contribution is -0.274. The molecule has 0 fully saturated rings. The molecule has 108 valence electrons. The van der Waals surface area contributed by atoms with Crippen molar-refractivity contribution in [3.05, 3.63) is 41.7 Å². The third kappa shape index (κ3) is 4.23. The molecule has 0 bridgehead atoms. The SMILES string of the molecule is OCCc1cn(Cc2ccc(OC(F)(F)F)cc2)nn1. The van der Waals surface area contributed by atoms with Crippen LogP contribution in [0.5, 0.6) is 5.75 Å². The number of aliphatic hydroxyl groups excluding tert-OH is 1. The second kappa shape index (κ2) is 5.91. The number of aliphatic hydroxyl groups is 1. The lowest BCUT2D eigenvalue weighted by atomic mass is 10.2. The summed E-state index contributed by atoms with van der Waals surface area (Å²) in [7, 11) is 0. The number of nitrogens with zero attached hydrogens (tertiary/aromatic N) is 3. The minimum Gasteiger partial charge on any atom is -0.406 e. The minimum atomic E-state index is -4.69. The molecule has 1 heterocycles. The van der Waals surface area contributed by atoms with Crippen LogP contribution in [0.15, 0.2) is 30.5 Å². The van der Waals surface area contributed by atoms with Gasteiger partial charge in [-0.1, -0.05) is 17.3 Å². The highest BCUT2D eigenvalue weighted by molar-refractivity contribution is 5.27. The molecule has 0 amide bonds. The summed E-state index contributed by atoms with van der Waals surface area (Å²) in [6.07, 6.45) is -2.60. The number of hydrogen-bond acceptors (Lipinski definition) is 4. The van der Waals surface area contributed by atoms with E-state index in [1.54, 1.807) is 10.9 Å². The molecule has 0 aliphatic carbocycles. The standard InChI is InChI=1S/C12H12F3N3O2/c13-12(14,15)20-11-3-1-9(2-4-11)7-18-8-10(5-6-19)16-17-18/h1-4,8,19H,5-7H2. The van der Waals surface area contributed by atoms with Gasteiger partial charge in [-0.25, -0.2) is 4.68 Å². The number of hydrogen-bond donors (Lipinski definition) is 1. The van der Waals surface area contributed by atoms with Crippen molar-refractivity contribution in [1.29, 1.82) is 0 Å². The Bertz CT molecular complexity index is 552. The molecule has 0 radical (unpaired) electrons. The lowest BCUT2D eigenvalue weighted by Crippen LogP contribution is -2.17. The highest BCUT2D eigenvalue weighted by Crippen LogP contribution is 2.22. The smallest absolute Gasteiger partial charge is 0.406 e. The summed E-state index contributed by atoms with van der Waals surface area (Å²) in [6, 6.07) is 5.53. The number of halogens is 3. The van der Waals surface area contributed by atoms with Crippen molar-refractivity contribution in [1.82, 2.24) is 15.0 Å². The van der Waals surface area contributed by atoms with Crippen LogP contribution in [0.1, 0.15) is 11.3 Å². The fraction of sp³-hybridized carbons (Fsp3) is 0.333. The van der Waals surface area contributed by atoms with Crippen LogP contribution in [-0.2, 0) is 13.0 Å². The fourth-order valence-electron chi connectivity index (χ4n) is 1.63. The molecule has 0 aliphatic rings. The maximum absolute atomic E-state index is 12.0. The zero-order valence-electron chi connectivity index (χ0n) is 10.3. The van der Waals surface area contributed by atoms with Crippen LogP contribution in [0, 0.1) is 0 Å². The van der Waals surface area contributed by atoms with Crippen LogP contribution in [0.3, 0.4) is 0 Å². The van der Waals surface area contributed by atoms with Crippen molar-refractivity contribution in [3.8, 4) is 5.75 Å². The van der Waals surface area contributed by atoms with Crippen LogP contribution in [0.25, 0.3) is 0 Å².